The normalized spacial score (nSPS) is 14.2. The average molecular weight is 633 g/mol. The number of hydrogen-bond acceptors (Lipinski definition) is 4. The third-order valence-electron chi connectivity index (χ3n) is 9.95. The molecular weight excluding hydrogens is 609 g/mol. The Morgan fingerprint density at radius 2 is 1.23 bits per heavy atom. The van der Waals surface area contributed by atoms with Gasteiger partial charge in [0.05, 0.1) is 17.3 Å². The summed E-state index contributed by atoms with van der Waals surface area (Å²) in [5, 5.41) is 9.04. The van der Waals surface area contributed by atoms with E-state index in [2.05, 4.69) is 140 Å². The number of thiophene rings is 2. The van der Waals surface area contributed by atoms with Gasteiger partial charge in [0.1, 0.15) is 10.3 Å². The lowest BCUT2D eigenvalue weighted by Gasteiger charge is -2.19. The fourth-order valence-electron chi connectivity index (χ4n) is 7.99. The minimum atomic E-state index is -0.0709. The molecule has 47 heavy (non-hydrogen) atoms. The molecule has 0 bridgehead atoms. The second-order valence-corrected chi connectivity index (χ2v) is 14.5. The van der Waals surface area contributed by atoms with Gasteiger partial charge >= 0.3 is 0 Å². The Morgan fingerprint density at radius 3 is 2.13 bits per heavy atom. The van der Waals surface area contributed by atoms with Crippen LogP contribution < -0.4 is 0 Å². The fraction of sp³-hybridized carbons (Fsp3) is 0.0233. The van der Waals surface area contributed by atoms with E-state index in [4.69, 9.17) is 9.97 Å². The quantitative estimate of drug-likeness (QED) is 0.189. The molecular formula is C43H24N2S2. The van der Waals surface area contributed by atoms with Crippen molar-refractivity contribution < 1.29 is 0 Å². The van der Waals surface area contributed by atoms with Gasteiger partial charge in [-0.15, -0.1) is 22.7 Å². The van der Waals surface area contributed by atoms with E-state index in [0.29, 0.717) is 0 Å². The highest BCUT2D eigenvalue weighted by atomic mass is 32.1. The Labute approximate surface area is 278 Å². The first-order chi connectivity index (χ1) is 23.3. The van der Waals surface area contributed by atoms with Gasteiger partial charge in [-0.1, -0.05) is 133 Å². The maximum Gasteiger partial charge on any atom is 0.143 e. The molecule has 3 aromatic heterocycles. The fourth-order valence-corrected chi connectivity index (χ4v) is 10.4. The third-order valence-corrected chi connectivity index (χ3v) is 12.3. The summed E-state index contributed by atoms with van der Waals surface area (Å²) in [5.74, 6) is -0.0709. The van der Waals surface area contributed by atoms with E-state index in [0.717, 1.165) is 27.3 Å². The summed E-state index contributed by atoms with van der Waals surface area (Å²) in [6.45, 7) is 0. The average Bonchev–Trinajstić information content (AvgIpc) is 3.81. The zero-order valence-electron chi connectivity index (χ0n) is 25.1. The molecule has 0 saturated heterocycles. The van der Waals surface area contributed by atoms with E-state index in [1.54, 1.807) is 11.3 Å². The molecule has 1 unspecified atom stereocenters. The van der Waals surface area contributed by atoms with E-state index >= 15 is 0 Å². The third kappa shape index (κ3) is 3.49. The summed E-state index contributed by atoms with van der Waals surface area (Å²) in [7, 11) is 0. The smallest absolute Gasteiger partial charge is 0.143 e. The molecule has 0 spiro atoms. The van der Waals surface area contributed by atoms with Crippen molar-refractivity contribution in [2.45, 2.75) is 5.92 Å². The highest BCUT2D eigenvalue weighted by molar-refractivity contribution is 7.27. The van der Waals surface area contributed by atoms with Crippen LogP contribution in [0.4, 0.5) is 0 Å². The standard InChI is InChI=1S/C43H24N2S2/c1-2-13-25(14-3-1)38-40(44-39-31-20-10-11-21-33(31)46-43(39)45-38)36-30-19-9-7-17-28(30)34-27-16-6-8-18-29(27)35-32-23-22-24-12-4-5-15-26(24)41(32)47-42(35)37(34)36/h1-23,36H. The number of benzene rings is 7. The van der Waals surface area contributed by atoms with Crippen molar-refractivity contribution in [1.29, 1.82) is 0 Å². The van der Waals surface area contributed by atoms with Gasteiger partial charge < -0.3 is 0 Å². The van der Waals surface area contributed by atoms with E-state index in [1.807, 2.05) is 11.3 Å². The zero-order valence-corrected chi connectivity index (χ0v) is 26.7. The SMILES string of the molecule is c1ccc(-c2nc3sc4ccccc4c3nc2C2c3ccccc3-c3c2c2sc4c5ccccc5ccc4c2c2ccccc32)cc1. The Balaban J connectivity index is 1.34. The topological polar surface area (TPSA) is 25.8 Å². The summed E-state index contributed by atoms with van der Waals surface area (Å²) in [6, 6.07) is 50.6. The van der Waals surface area contributed by atoms with Crippen LogP contribution in [0.3, 0.4) is 0 Å². The number of aromatic nitrogens is 2. The molecule has 0 radical (unpaired) electrons. The monoisotopic (exact) mass is 632 g/mol. The van der Waals surface area contributed by atoms with Crippen LogP contribution in [0, 0.1) is 0 Å². The minimum absolute atomic E-state index is 0.0709. The van der Waals surface area contributed by atoms with Crippen LogP contribution in [0.5, 0.6) is 0 Å². The van der Waals surface area contributed by atoms with E-state index < -0.39 is 0 Å². The molecule has 11 rings (SSSR count). The lowest BCUT2D eigenvalue weighted by atomic mass is 9.88. The van der Waals surface area contributed by atoms with Crippen molar-refractivity contribution in [2.75, 3.05) is 0 Å². The first kappa shape index (κ1) is 25.7. The van der Waals surface area contributed by atoms with Crippen molar-refractivity contribution in [2.24, 2.45) is 0 Å². The summed E-state index contributed by atoms with van der Waals surface area (Å²) in [5.41, 5.74) is 9.36. The number of fused-ring (bicyclic) bond motifs is 15. The number of hydrogen-bond donors (Lipinski definition) is 0. The molecule has 218 valence electrons. The molecule has 1 atom stereocenters. The summed E-state index contributed by atoms with van der Waals surface area (Å²) >= 11 is 3.67. The van der Waals surface area contributed by atoms with Gasteiger partial charge in [0.25, 0.3) is 0 Å². The maximum absolute atomic E-state index is 5.66. The van der Waals surface area contributed by atoms with Crippen molar-refractivity contribution >= 4 is 84.8 Å². The molecule has 0 aliphatic heterocycles. The Bertz CT molecular complexity index is 2920. The van der Waals surface area contributed by atoms with Crippen molar-refractivity contribution in [3.63, 3.8) is 0 Å². The summed E-state index contributed by atoms with van der Waals surface area (Å²) in [6.07, 6.45) is 0. The molecule has 1 aliphatic rings. The molecule has 1 aliphatic carbocycles. The van der Waals surface area contributed by atoms with Gasteiger partial charge in [0, 0.05) is 35.8 Å². The second-order valence-electron chi connectivity index (χ2n) is 12.4. The lowest BCUT2D eigenvalue weighted by Crippen LogP contribution is -2.07. The Hall–Kier alpha value is -5.42. The molecule has 0 fully saturated rings. The first-order valence-electron chi connectivity index (χ1n) is 16.0. The molecule has 10 aromatic rings. The Morgan fingerprint density at radius 1 is 0.511 bits per heavy atom. The molecule has 2 nitrogen and oxygen atoms in total. The molecule has 0 saturated carbocycles. The maximum atomic E-state index is 5.66. The van der Waals surface area contributed by atoms with E-state index in [9.17, 15) is 0 Å². The molecule has 4 heteroatoms. The summed E-state index contributed by atoms with van der Waals surface area (Å²) < 4.78 is 3.91. The van der Waals surface area contributed by atoms with Gasteiger partial charge in [0.15, 0.2) is 0 Å². The van der Waals surface area contributed by atoms with Crippen LogP contribution in [0.25, 0.3) is 84.5 Å². The number of rotatable bonds is 2. The van der Waals surface area contributed by atoms with Crippen molar-refractivity contribution in [1.82, 2.24) is 9.97 Å². The van der Waals surface area contributed by atoms with Gasteiger partial charge in [-0.2, -0.15) is 0 Å². The first-order valence-corrected chi connectivity index (χ1v) is 17.6. The molecule has 7 aromatic carbocycles. The van der Waals surface area contributed by atoms with Crippen molar-refractivity contribution in [3.05, 3.63) is 156 Å². The molecule has 3 heterocycles. The second kappa shape index (κ2) is 9.55. The number of nitrogens with zero attached hydrogens (tertiary/aromatic N) is 2. The predicted octanol–water partition coefficient (Wildman–Crippen LogP) is 12.3. The van der Waals surface area contributed by atoms with Crippen LogP contribution in [0.15, 0.2) is 140 Å². The van der Waals surface area contributed by atoms with E-state index in [1.165, 1.54) is 74.1 Å². The Kier molecular flexibility index (Phi) is 5.23. The van der Waals surface area contributed by atoms with Gasteiger partial charge in [-0.3, -0.25) is 0 Å². The highest BCUT2D eigenvalue weighted by Gasteiger charge is 2.37. The van der Waals surface area contributed by atoms with Gasteiger partial charge in [0.2, 0.25) is 0 Å². The van der Waals surface area contributed by atoms with Crippen LogP contribution in [0.1, 0.15) is 22.7 Å². The predicted molar refractivity (Wildman–Crippen MR) is 201 cm³/mol. The highest BCUT2D eigenvalue weighted by Crippen LogP contribution is 2.57. The minimum Gasteiger partial charge on any atom is -0.246 e. The van der Waals surface area contributed by atoms with E-state index in [-0.39, 0.29) is 5.92 Å². The lowest BCUT2D eigenvalue weighted by molar-refractivity contribution is 0.960. The summed E-state index contributed by atoms with van der Waals surface area (Å²) in [4.78, 5) is 12.1. The van der Waals surface area contributed by atoms with Gasteiger partial charge in [-0.05, 0) is 49.9 Å². The van der Waals surface area contributed by atoms with Crippen molar-refractivity contribution in [3.8, 4) is 22.4 Å². The van der Waals surface area contributed by atoms with Crippen LogP contribution >= 0.6 is 22.7 Å². The largest absolute Gasteiger partial charge is 0.246 e. The van der Waals surface area contributed by atoms with Crippen LogP contribution in [0.2, 0.25) is 0 Å². The molecule has 0 N–H and O–H groups in total. The van der Waals surface area contributed by atoms with Crippen LogP contribution in [-0.2, 0) is 0 Å². The molecule has 0 amide bonds. The van der Waals surface area contributed by atoms with Gasteiger partial charge in [-0.25, -0.2) is 9.97 Å². The zero-order chi connectivity index (χ0) is 30.6. The van der Waals surface area contributed by atoms with Crippen LogP contribution in [-0.4, -0.2) is 9.97 Å².